The average Bonchev–Trinajstić information content (AvgIpc) is 3.00. The van der Waals surface area contributed by atoms with Crippen LogP contribution in [0.3, 0.4) is 0 Å². The molecule has 0 unspecified atom stereocenters. The monoisotopic (exact) mass is 264 g/mol. The van der Waals surface area contributed by atoms with E-state index in [9.17, 15) is 0 Å². The first-order chi connectivity index (χ1) is 9.81. The zero-order valence-corrected chi connectivity index (χ0v) is 11.3. The average molecular weight is 264 g/mol. The Morgan fingerprint density at radius 1 is 1.20 bits per heavy atom. The molecule has 0 aliphatic rings. The van der Waals surface area contributed by atoms with Gasteiger partial charge in [-0.05, 0) is 24.6 Å². The number of anilines is 1. The summed E-state index contributed by atoms with van der Waals surface area (Å²) in [7, 11) is 0. The van der Waals surface area contributed by atoms with Crippen molar-refractivity contribution >= 4 is 5.69 Å². The zero-order valence-electron chi connectivity index (χ0n) is 11.3. The molecule has 0 saturated carbocycles. The fourth-order valence-electron chi connectivity index (χ4n) is 2.06. The van der Waals surface area contributed by atoms with E-state index in [0.717, 1.165) is 18.1 Å². The Balaban J connectivity index is 1.67. The van der Waals surface area contributed by atoms with Gasteiger partial charge in [0, 0.05) is 18.9 Å². The van der Waals surface area contributed by atoms with Gasteiger partial charge in [-0.3, -0.25) is 4.57 Å². The van der Waals surface area contributed by atoms with Gasteiger partial charge in [-0.2, -0.15) is 0 Å². The SMILES string of the molecule is Cc1cccc(CNc2ccc(-n3ccnc3)nc2)c1. The lowest BCUT2D eigenvalue weighted by Crippen LogP contribution is -2.01. The highest BCUT2D eigenvalue weighted by Gasteiger charge is 1.98. The van der Waals surface area contributed by atoms with E-state index in [-0.39, 0.29) is 0 Å². The van der Waals surface area contributed by atoms with E-state index in [0.29, 0.717) is 0 Å². The first kappa shape index (κ1) is 12.4. The van der Waals surface area contributed by atoms with Crippen LogP contribution in [0.1, 0.15) is 11.1 Å². The van der Waals surface area contributed by atoms with Gasteiger partial charge in [-0.1, -0.05) is 29.8 Å². The van der Waals surface area contributed by atoms with Crippen molar-refractivity contribution in [2.75, 3.05) is 5.32 Å². The largest absolute Gasteiger partial charge is 0.380 e. The third kappa shape index (κ3) is 2.85. The van der Waals surface area contributed by atoms with Gasteiger partial charge in [0.1, 0.15) is 12.1 Å². The molecular weight excluding hydrogens is 248 g/mol. The van der Waals surface area contributed by atoms with Crippen molar-refractivity contribution in [1.82, 2.24) is 14.5 Å². The molecule has 2 heterocycles. The Hall–Kier alpha value is -2.62. The standard InChI is InChI=1S/C16H16N4/c1-13-3-2-4-14(9-13)10-18-15-5-6-16(19-11-15)20-8-7-17-12-20/h2-9,11-12,18H,10H2,1H3. The van der Waals surface area contributed by atoms with Gasteiger partial charge in [-0.25, -0.2) is 9.97 Å². The third-order valence-electron chi connectivity index (χ3n) is 3.10. The number of hydrogen-bond acceptors (Lipinski definition) is 3. The highest BCUT2D eigenvalue weighted by Crippen LogP contribution is 2.11. The number of pyridine rings is 1. The van der Waals surface area contributed by atoms with Crippen LogP contribution < -0.4 is 5.32 Å². The second-order valence-electron chi connectivity index (χ2n) is 4.72. The van der Waals surface area contributed by atoms with Crippen molar-refractivity contribution in [1.29, 1.82) is 0 Å². The van der Waals surface area contributed by atoms with Crippen molar-refractivity contribution in [2.24, 2.45) is 0 Å². The second kappa shape index (κ2) is 5.57. The molecule has 0 fully saturated rings. The van der Waals surface area contributed by atoms with Crippen LogP contribution in [-0.4, -0.2) is 14.5 Å². The van der Waals surface area contributed by atoms with Crippen LogP contribution in [0.4, 0.5) is 5.69 Å². The molecule has 4 heteroatoms. The van der Waals surface area contributed by atoms with Gasteiger partial charge in [0.2, 0.25) is 0 Å². The Labute approximate surface area is 118 Å². The van der Waals surface area contributed by atoms with E-state index >= 15 is 0 Å². The molecule has 2 aromatic heterocycles. The highest BCUT2D eigenvalue weighted by molar-refractivity contribution is 5.44. The number of nitrogens with zero attached hydrogens (tertiary/aromatic N) is 3. The van der Waals surface area contributed by atoms with Crippen molar-refractivity contribution < 1.29 is 0 Å². The molecule has 100 valence electrons. The highest BCUT2D eigenvalue weighted by atomic mass is 15.1. The lowest BCUT2D eigenvalue weighted by Gasteiger charge is -2.08. The summed E-state index contributed by atoms with van der Waals surface area (Å²) < 4.78 is 1.88. The minimum absolute atomic E-state index is 0.799. The van der Waals surface area contributed by atoms with Gasteiger partial charge in [0.05, 0.1) is 11.9 Å². The Kier molecular flexibility index (Phi) is 3.46. The van der Waals surface area contributed by atoms with Crippen LogP contribution in [0.25, 0.3) is 5.82 Å². The van der Waals surface area contributed by atoms with Crippen LogP contribution in [-0.2, 0) is 6.54 Å². The molecule has 0 radical (unpaired) electrons. The van der Waals surface area contributed by atoms with Crippen molar-refractivity contribution in [3.05, 3.63) is 72.4 Å². The number of aromatic nitrogens is 3. The Bertz CT molecular complexity index is 672. The molecule has 1 aromatic carbocycles. The zero-order chi connectivity index (χ0) is 13.8. The molecule has 20 heavy (non-hydrogen) atoms. The van der Waals surface area contributed by atoms with Gasteiger partial charge >= 0.3 is 0 Å². The summed E-state index contributed by atoms with van der Waals surface area (Å²) in [5, 5.41) is 3.37. The topological polar surface area (TPSA) is 42.7 Å². The fourth-order valence-corrected chi connectivity index (χ4v) is 2.06. The van der Waals surface area contributed by atoms with E-state index in [1.807, 2.05) is 29.1 Å². The molecule has 0 saturated heterocycles. The van der Waals surface area contributed by atoms with E-state index in [1.54, 1.807) is 12.5 Å². The minimum atomic E-state index is 0.799. The van der Waals surface area contributed by atoms with Crippen LogP contribution in [0, 0.1) is 6.92 Å². The molecule has 1 N–H and O–H groups in total. The predicted octanol–water partition coefficient (Wildman–Crippen LogP) is 3.19. The second-order valence-corrected chi connectivity index (χ2v) is 4.72. The van der Waals surface area contributed by atoms with Gasteiger partial charge < -0.3 is 5.32 Å². The van der Waals surface area contributed by atoms with E-state index in [4.69, 9.17) is 0 Å². The number of imidazole rings is 1. The summed E-state index contributed by atoms with van der Waals surface area (Å²) >= 11 is 0. The first-order valence-electron chi connectivity index (χ1n) is 6.55. The number of aryl methyl sites for hydroxylation is 1. The van der Waals surface area contributed by atoms with Gasteiger partial charge in [-0.15, -0.1) is 0 Å². The summed E-state index contributed by atoms with van der Waals surface area (Å²) in [5.74, 6) is 0.864. The smallest absolute Gasteiger partial charge is 0.137 e. The van der Waals surface area contributed by atoms with Gasteiger partial charge in [0.15, 0.2) is 0 Å². The maximum absolute atomic E-state index is 4.41. The van der Waals surface area contributed by atoms with Crippen molar-refractivity contribution in [3.8, 4) is 5.82 Å². The number of rotatable bonds is 4. The normalized spacial score (nSPS) is 10.4. The number of benzene rings is 1. The van der Waals surface area contributed by atoms with Crippen LogP contribution in [0.15, 0.2) is 61.3 Å². The molecular formula is C16H16N4. The molecule has 0 atom stereocenters. The first-order valence-corrected chi connectivity index (χ1v) is 6.55. The molecule has 4 nitrogen and oxygen atoms in total. The Morgan fingerprint density at radius 2 is 2.15 bits per heavy atom. The Morgan fingerprint density at radius 3 is 2.85 bits per heavy atom. The van der Waals surface area contributed by atoms with Crippen LogP contribution in [0.5, 0.6) is 0 Å². The lowest BCUT2D eigenvalue weighted by molar-refractivity contribution is 0.990. The van der Waals surface area contributed by atoms with E-state index in [2.05, 4.69) is 46.5 Å². The van der Waals surface area contributed by atoms with Crippen LogP contribution >= 0.6 is 0 Å². The molecule has 0 spiro atoms. The maximum atomic E-state index is 4.41. The summed E-state index contributed by atoms with van der Waals surface area (Å²) in [6, 6.07) is 12.5. The summed E-state index contributed by atoms with van der Waals surface area (Å²) in [6.07, 6.45) is 7.20. The quantitative estimate of drug-likeness (QED) is 0.787. The minimum Gasteiger partial charge on any atom is -0.380 e. The van der Waals surface area contributed by atoms with E-state index < -0.39 is 0 Å². The fraction of sp³-hybridized carbons (Fsp3) is 0.125. The molecule has 0 bridgehead atoms. The van der Waals surface area contributed by atoms with E-state index in [1.165, 1.54) is 11.1 Å². The molecule has 3 aromatic rings. The van der Waals surface area contributed by atoms with Crippen molar-refractivity contribution in [2.45, 2.75) is 13.5 Å². The third-order valence-corrected chi connectivity index (χ3v) is 3.10. The molecule has 0 amide bonds. The predicted molar refractivity (Wildman–Crippen MR) is 79.9 cm³/mol. The molecule has 0 aliphatic heterocycles. The maximum Gasteiger partial charge on any atom is 0.137 e. The number of nitrogens with one attached hydrogen (secondary N) is 1. The molecule has 0 aliphatic carbocycles. The summed E-state index contributed by atoms with van der Waals surface area (Å²) in [6.45, 7) is 2.90. The number of hydrogen-bond donors (Lipinski definition) is 1. The summed E-state index contributed by atoms with van der Waals surface area (Å²) in [4.78, 5) is 8.42. The lowest BCUT2D eigenvalue weighted by atomic mass is 10.1. The molecule has 3 rings (SSSR count). The van der Waals surface area contributed by atoms with Gasteiger partial charge in [0.25, 0.3) is 0 Å². The summed E-state index contributed by atoms with van der Waals surface area (Å²) in [5.41, 5.74) is 3.55. The van der Waals surface area contributed by atoms with Crippen molar-refractivity contribution in [3.63, 3.8) is 0 Å². The van der Waals surface area contributed by atoms with Crippen LogP contribution in [0.2, 0.25) is 0 Å².